The van der Waals surface area contributed by atoms with Crippen LogP contribution in [0.25, 0.3) is 10.8 Å². The highest BCUT2D eigenvalue weighted by atomic mass is 16.5. The van der Waals surface area contributed by atoms with Crippen LogP contribution in [0.2, 0.25) is 0 Å². The fourth-order valence-electron chi connectivity index (χ4n) is 2.58. The van der Waals surface area contributed by atoms with E-state index in [0.717, 1.165) is 27.9 Å². The third kappa shape index (κ3) is 3.49. The highest BCUT2D eigenvalue weighted by Crippen LogP contribution is 2.23. The first-order valence-electron chi connectivity index (χ1n) is 7.86. The molecule has 4 heteroatoms. The molecule has 0 heterocycles. The minimum atomic E-state index is -0.364. The molecule has 0 radical (unpaired) electrons. The van der Waals surface area contributed by atoms with Crippen molar-refractivity contribution in [1.29, 1.82) is 0 Å². The lowest BCUT2D eigenvalue weighted by atomic mass is 10.1. The van der Waals surface area contributed by atoms with Crippen LogP contribution in [0.3, 0.4) is 0 Å². The average molecular weight is 320 g/mol. The zero-order valence-electron chi connectivity index (χ0n) is 13.7. The van der Waals surface area contributed by atoms with Crippen LogP contribution in [-0.2, 0) is 4.79 Å². The molecule has 2 N–H and O–H groups in total. The van der Waals surface area contributed by atoms with Crippen molar-refractivity contribution in [1.82, 2.24) is 0 Å². The van der Waals surface area contributed by atoms with Gasteiger partial charge in [0.05, 0.1) is 7.11 Å². The van der Waals surface area contributed by atoms with Crippen molar-refractivity contribution >= 4 is 28.1 Å². The average Bonchev–Trinajstić information content (AvgIpc) is 2.62. The molecule has 1 atom stereocenters. The number of ether oxygens (including phenoxy) is 1. The first kappa shape index (κ1) is 15.9. The van der Waals surface area contributed by atoms with E-state index in [1.807, 2.05) is 73.7 Å². The monoisotopic (exact) mass is 320 g/mol. The predicted octanol–water partition coefficient (Wildman–Crippen LogP) is 4.29. The Morgan fingerprint density at radius 1 is 0.958 bits per heavy atom. The van der Waals surface area contributed by atoms with Gasteiger partial charge in [-0.15, -0.1) is 0 Å². The zero-order valence-corrected chi connectivity index (χ0v) is 13.7. The second kappa shape index (κ2) is 7.04. The predicted molar refractivity (Wildman–Crippen MR) is 98.7 cm³/mol. The Balaban J connectivity index is 1.71. The number of anilines is 2. The van der Waals surface area contributed by atoms with Gasteiger partial charge in [0, 0.05) is 16.8 Å². The molecule has 0 fully saturated rings. The molecule has 122 valence electrons. The molecule has 0 bridgehead atoms. The molecule has 1 unspecified atom stereocenters. The summed E-state index contributed by atoms with van der Waals surface area (Å²) in [7, 11) is 1.63. The Morgan fingerprint density at radius 3 is 2.42 bits per heavy atom. The Bertz CT molecular complexity index is 838. The molecular formula is C20H20N2O2. The molecule has 3 aromatic carbocycles. The van der Waals surface area contributed by atoms with E-state index < -0.39 is 0 Å². The number of amides is 1. The lowest BCUT2D eigenvalue weighted by Crippen LogP contribution is -2.31. The number of carbonyl (C=O) groups is 1. The molecule has 0 aromatic heterocycles. The summed E-state index contributed by atoms with van der Waals surface area (Å²) in [4.78, 5) is 12.5. The Labute approximate surface area is 141 Å². The third-order valence-electron chi connectivity index (χ3n) is 3.91. The van der Waals surface area contributed by atoms with Crippen molar-refractivity contribution < 1.29 is 9.53 Å². The lowest BCUT2D eigenvalue weighted by molar-refractivity contribution is -0.116. The van der Waals surface area contributed by atoms with Gasteiger partial charge in [-0.05, 0) is 42.6 Å². The fourth-order valence-corrected chi connectivity index (χ4v) is 2.58. The summed E-state index contributed by atoms with van der Waals surface area (Å²) in [6.45, 7) is 1.84. The van der Waals surface area contributed by atoms with Gasteiger partial charge in [-0.25, -0.2) is 0 Å². The highest BCUT2D eigenvalue weighted by Gasteiger charge is 2.14. The van der Waals surface area contributed by atoms with E-state index in [0.29, 0.717) is 0 Å². The molecule has 4 nitrogen and oxygen atoms in total. The lowest BCUT2D eigenvalue weighted by Gasteiger charge is -2.16. The molecule has 0 spiro atoms. The molecule has 0 saturated heterocycles. The van der Waals surface area contributed by atoms with Gasteiger partial charge in [0.15, 0.2) is 0 Å². The van der Waals surface area contributed by atoms with Crippen LogP contribution < -0.4 is 15.4 Å². The number of carbonyl (C=O) groups excluding carboxylic acids is 1. The van der Waals surface area contributed by atoms with Crippen LogP contribution in [0.1, 0.15) is 6.92 Å². The SMILES string of the molecule is COc1ccc(NC(C)C(=O)Nc2cccc3ccccc23)cc1. The first-order valence-corrected chi connectivity index (χ1v) is 7.86. The van der Waals surface area contributed by atoms with Gasteiger partial charge in [0.1, 0.15) is 11.8 Å². The molecule has 3 rings (SSSR count). The summed E-state index contributed by atoms with van der Waals surface area (Å²) >= 11 is 0. The largest absolute Gasteiger partial charge is 0.497 e. The second-order valence-electron chi connectivity index (χ2n) is 5.61. The summed E-state index contributed by atoms with van der Waals surface area (Å²) in [5, 5.41) is 8.33. The van der Waals surface area contributed by atoms with Gasteiger partial charge < -0.3 is 15.4 Å². The van der Waals surface area contributed by atoms with E-state index >= 15 is 0 Å². The van der Waals surface area contributed by atoms with Crippen LogP contribution in [0.5, 0.6) is 5.75 Å². The molecule has 0 saturated carbocycles. The maximum absolute atomic E-state index is 12.5. The van der Waals surface area contributed by atoms with Gasteiger partial charge in [-0.3, -0.25) is 4.79 Å². The first-order chi connectivity index (χ1) is 11.7. The molecule has 3 aromatic rings. The van der Waals surface area contributed by atoms with Crippen molar-refractivity contribution in [3.63, 3.8) is 0 Å². The van der Waals surface area contributed by atoms with Crippen LogP contribution in [0.4, 0.5) is 11.4 Å². The van der Waals surface area contributed by atoms with Crippen molar-refractivity contribution in [2.75, 3.05) is 17.7 Å². The summed E-state index contributed by atoms with van der Waals surface area (Å²) < 4.78 is 5.13. The number of fused-ring (bicyclic) bond motifs is 1. The van der Waals surface area contributed by atoms with E-state index in [-0.39, 0.29) is 11.9 Å². The minimum absolute atomic E-state index is 0.0813. The van der Waals surface area contributed by atoms with E-state index in [1.165, 1.54) is 0 Å². The second-order valence-corrected chi connectivity index (χ2v) is 5.61. The van der Waals surface area contributed by atoms with E-state index in [1.54, 1.807) is 7.11 Å². The third-order valence-corrected chi connectivity index (χ3v) is 3.91. The number of hydrogen-bond donors (Lipinski definition) is 2. The van der Waals surface area contributed by atoms with E-state index in [4.69, 9.17) is 4.74 Å². The summed E-state index contributed by atoms with van der Waals surface area (Å²) in [5.41, 5.74) is 1.69. The molecule has 0 aliphatic rings. The smallest absolute Gasteiger partial charge is 0.246 e. The minimum Gasteiger partial charge on any atom is -0.497 e. The quantitative estimate of drug-likeness (QED) is 0.737. The summed E-state index contributed by atoms with van der Waals surface area (Å²) in [6.07, 6.45) is 0. The molecular weight excluding hydrogens is 300 g/mol. The number of hydrogen-bond acceptors (Lipinski definition) is 3. The summed E-state index contributed by atoms with van der Waals surface area (Å²) in [5.74, 6) is 0.704. The maximum atomic E-state index is 12.5. The number of nitrogens with one attached hydrogen (secondary N) is 2. The van der Waals surface area contributed by atoms with E-state index in [2.05, 4.69) is 10.6 Å². The van der Waals surface area contributed by atoms with Crippen molar-refractivity contribution in [2.24, 2.45) is 0 Å². The molecule has 24 heavy (non-hydrogen) atoms. The van der Waals surface area contributed by atoms with Crippen molar-refractivity contribution in [3.8, 4) is 5.75 Å². The van der Waals surface area contributed by atoms with Crippen molar-refractivity contribution in [2.45, 2.75) is 13.0 Å². The van der Waals surface area contributed by atoms with Crippen LogP contribution in [0.15, 0.2) is 66.7 Å². The van der Waals surface area contributed by atoms with Crippen LogP contribution in [0, 0.1) is 0 Å². The summed E-state index contributed by atoms with van der Waals surface area (Å²) in [6, 6.07) is 21.0. The van der Waals surface area contributed by atoms with Gasteiger partial charge >= 0.3 is 0 Å². The zero-order chi connectivity index (χ0) is 16.9. The standard InChI is InChI=1S/C20H20N2O2/c1-14(21-16-10-12-17(24-2)13-11-16)20(23)22-19-9-5-7-15-6-3-4-8-18(15)19/h3-14,21H,1-2H3,(H,22,23). The van der Waals surface area contributed by atoms with Gasteiger partial charge in [0.2, 0.25) is 5.91 Å². The number of rotatable bonds is 5. The fraction of sp³-hybridized carbons (Fsp3) is 0.150. The molecule has 0 aliphatic carbocycles. The van der Waals surface area contributed by atoms with Gasteiger partial charge in [-0.1, -0.05) is 36.4 Å². The number of benzene rings is 3. The van der Waals surface area contributed by atoms with Crippen LogP contribution >= 0.6 is 0 Å². The highest BCUT2D eigenvalue weighted by molar-refractivity contribution is 6.04. The molecule has 0 aliphatic heterocycles. The van der Waals surface area contributed by atoms with Crippen molar-refractivity contribution in [3.05, 3.63) is 66.7 Å². The van der Waals surface area contributed by atoms with Gasteiger partial charge in [-0.2, -0.15) is 0 Å². The molecule has 1 amide bonds. The Kier molecular flexibility index (Phi) is 4.66. The van der Waals surface area contributed by atoms with E-state index in [9.17, 15) is 4.79 Å². The maximum Gasteiger partial charge on any atom is 0.246 e. The number of methoxy groups -OCH3 is 1. The van der Waals surface area contributed by atoms with Crippen LogP contribution in [-0.4, -0.2) is 19.1 Å². The normalized spacial score (nSPS) is 11.8. The Hall–Kier alpha value is -3.01. The Morgan fingerprint density at radius 2 is 1.67 bits per heavy atom. The van der Waals surface area contributed by atoms with Gasteiger partial charge in [0.25, 0.3) is 0 Å². The topological polar surface area (TPSA) is 50.4 Å².